The van der Waals surface area contributed by atoms with Gasteiger partial charge in [0.05, 0.1) is 22.3 Å². The van der Waals surface area contributed by atoms with Crippen LogP contribution < -0.4 is 10.2 Å². The second kappa shape index (κ2) is 8.21. The Hall–Kier alpha value is -2.09. The molecule has 2 aliphatic rings. The van der Waals surface area contributed by atoms with Crippen LogP contribution in [0.4, 0.5) is 5.69 Å². The number of carbonyl (C=O) groups excluding carboxylic acids is 1. The fourth-order valence-corrected chi connectivity index (χ4v) is 5.42. The van der Waals surface area contributed by atoms with E-state index in [0.717, 1.165) is 24.8 Å². The Morgan fingerprint density at radius 2 is 1.87 bits per heavy atom. The number of sulfonamides is 1. The van der Waals surface area contributed by atoms with Gasteiger partial charge in [0.25, 0.3) is 15.9 Å². The van der Waals surface area contributed by atoms with Gasteiger partial charge in [-0.15, -0.1) is 4.40 Å². The first kappa shape index (κ1) is 21.2. The van der Waals surface area contributed by atoms with Crippen LogP contribution in [0.5, 0.6) is 0 Å². The number of nitrogens with one attached hydrogen (secondary N) is 1. The van der Waals surface area contributed by atoms with Crippen molar-refractivity contribution in [2.45, 2.75) is 43.5 Å². The van der Waals surface area contributed by atoms with Crippen LogP contribution in [0.25, 0.3) is 0 Å². The van der Waals surface area contributed by atoms with Gasteiger partial charge in [0.2, 0.25) is 0 Å². The highest BCUT2D eigenvalue weighted by Gasteiger charge is 2.33. The van der Waals surface area contributed by atoms with E-state index in [1.54, 1.807) is 18.2 Å². The Balaban J connectivity index is 1.67. The van der Waals surface area contributed by atoms with Gasteiger partial charge in [0.15, 0.2) is 0 Å². The molecule has 2 aliphatic heterocycles. The number of amides is 1. The van der Waals surface area contributed by atoms with Crippen LogP contribution in [0.2, 0.25) is 10.0 Å². The molecular formula is C21H21Cl2N3O3S. The van der Waals surface area contributed by atoms with Gasteiger partial charge in [-0.2, -0.15) is 8.42 Å². The fourth-order valence-electron chi connectivity index (χ4n) is 3.78. The number of hydrogen-bond acceptors (Lipinski definition) is 4. The lowest BCUT2D eigenvalue weighted by Gasteiger charge is -2.30. The summed E-state index contributed by atoms with van der Waals surface area (Å²) in [5, 5.41) is 3.67. The third-order valence-electron chi connectivity index (χ3n) is 5.40. The molecule has 0 aromatic heterocycles. The highest BCUT2D eigenvalue weighted by Crippen LogP contribution is 2.38. The number of nitrogens with zero attached hydrogens (tertiary/aromatic N) is 2. The summed E-state index contributed by atoms with van der Waals surface area (Å²) in [6.07, 6.45) is 3.47. The standard InChI is InChI=1S/C21H21Cl2N3O3S/c1-13(14-6-8-15(22)9-7-14)24-21(27)16-11-19-18(12-17(16)23)26-10-4-2-3-5-20(26)25-30(19,28)29/h6-9,11-13H,2-5,10H2,1H3,(H,24,27)/t13-/m1/s1. The Kier molecular flexibility index (Phi) is 5.79. The largest absolute Gasteiger partial charge is 0.345 e. The summed E-state index contributed by atoms with van der Waals surface area (Å²) in [5.41, 5.74) is 1.47. The maximum atomic E-state index is 12.9. The van der Waals surface area contributed by atoms with E-state index >= 15 is 0 Å². The fraction of sp³-hybridized carbons (Fsp3) is 0.333. The molecule has 1 fully saturated rings. The van der Waals surface area contributed by atoms with Crippen molar-refractivity contribution in [3.05, 3.63) is 57.6 Å². The highest BCUT2D eigenvalue weighted by molar-refractivity contribution is 7.90. The van der Waals surface area contributed by atoms with E-state index in [-0.39, 0.29) is 21.5 Å². The molecule has 4 rings (SSSR count). The summed E-state index contributed by atoms with van der Waals surface area (Å²) in [4.78, 5) is 14.8. The zero-order valence-electron chi connectivity index (χ0n) is 16.4. The molecule has 1 N–H and O–H groups in total. The zero-order valence-corrected chi connectivity index (χ0v) is 18.7. The normalized spacial score (nSPS) is 18.5. The minimum atomic E-state index is -3.89. The first-order valence-corrected chi connectivity index (χ1v) is 12.0. The lowest BCUT2D eigenvalue weighted by Crippen LogP contribution is -2.35. The SMILES string of the molecule is C[C@@H](NC(=O)c1cc2c(cc1Cl)N1CCCCCC1=NS2(=O)=O)c1ccc(Cl)cc1. The summed E-state index contributed by atoms with van der Waals surface area (Å²) in [5.74, 6) is 0.0933. The third kappa shape index (κ3) is 4.06. The van der Waals surface area contributed by atoms with Crippen LogP contribution in [0.3, 0.4) is 0 Å². The van der Waals surface area contributed by atoms with E-state index in [1.165, 1.54) is 6.07 Å². The second-order valence-corrected chi connectivity index (χ2v) is 9.91. The molecule has 0 unspecified atom stereocenters. The summed E-state index contributed by atoms with van der Waals surface area (Å²) in [6.45, 7) is 2.51. The minimum Gasteiger partial charge on any atom is -0.345 e. The Morgan fingerprint density at radius 3 is 2.60 bits per heavy atom. The van der Waals surface area contributed by atoms with Crippen LogP contribution >= 0.6 is 23.2 Å². The quantitative estimate of drug-likeness (QED) is 0.693. The van der Waals surface area contributed by atoms with E-state index in [2.05, 4.69) is 9.71 Å². The maximum Gasteiger partial charge on any atom is 0.286 e. The molecule has 1 amide bonds. The summed E-state index contributed by atoms with van der Waals surface area (Å²) >= 11 is 12.3. The lowest BCUT2D eigenvalue weighted by atomic mass is 10.1. The van der Waals surface area contributed by atoms with Crippen molar-refractivity contribution in [1.29, 1.82) is 0 Å². The van der Waals surface area contributed by atoms with Gasteiger partial charge < -0.3 is 10.2 Å². The molecule has 30 heavy (non-hydrogen) atoms. The van der Waals surface area contributed by atoms with Crippen molar-refractivity contribution in [3.8, 4) is 0 Å². The molecule has 0 bridgehead atoms. The van der Waals surface area contributed by atoms with Crippen molar-refractivity contribution in [2.75, 3.05) is 11.4 Å². The van der Waals surface area contributed by atoms with Gasteiger partial charge >= 0.3 is 0 Å². The van der Waals surface area contributed by atoms with Crippen molar-refractivity contribution in [1.82, 2.24) is 5.32 Å². The molecule has 0 saturated carbocycles. The van der Waals surface area contributed by atoms with Crippen molar-refractivity contribution < 1.29 is 13.2 Å². The summed E-state index contributed by atoms with van der Waals surface area (Å²) in [7, 11) is -3.89. The average molecular weight is 466 g/mol. The van der Waals surface area contributed by atoms with Crippen LogP contribution in [-0.4, -0.2) is 26.7 Å². The summed E-state index contributed by atoms with van der Waals surface area (Å²) < 4.78 is 29.6. The molecule has 2 aromatic rings. The Labute approximate surface area is 185 Å². The summed E-state index contributed by atoms with van der Waals surface area (Å²) in [6, 6.07) is 9.72. The van der Waals surface area contributed by atoms with E-state index in [9.17, 15) is 13.2 Å². The number of hydrogen-bond donors (Lipinski definition) is 1. The van der Waals surface area contributed by atoms with Crippen LogP contribution in [0.15, 0.2) is 45.7 Å². The number of amidine groups is 1. The third-order valence-corrected chi connectivity index (χ3v) is 7.30. The predicted molar refractivity (Wildman–Crippen MR) is 119 cm³/mol. The molecule has 0 aliphatic carbocycles. The van der Waals surface area contributed by atoms with Gasteiger partial charge in [0, 0.05) is 18.0 Å². The number of rotatable bonds is 3. The smallest absolute Gasteiger partial charge is 0.286 e. The van der Waals surface area contributed by atoms with E-state index in [4.69, 9.17) is 23.2 Å². The first-order valence-electron chi connectivity index (χ1n) is 9.77. The van der Waals surface area contributed by atoms with Gasteiger partial charge in [-0.1, -0.05) is 41.8 Å². The van der Waals surface area contributed by atoms with E-state index in [0.29, 0.717) is 29.5 Å². The molecule has 2 heterocycles. The van der Waals surface area contributed by atoms with Gasteiger partial charge in [-0.25, -0.2) is 0 Å². The number of benzene rings is 2. The number of fused-ring (bicyclic) bond motifs is 3. The van der Waals surface area contributed by atoms with Crippen molar-refractivity contribution in [3.63, 3.8) is 0 Å². The minimum absolute atomic E-state index is 0.0156. The lowest BCUT2D eigenvalue weighted by molar-refractivity contribution is 0.0940. The molecule has 9 heteroatoms. The molecule has 1 atom stereocenters. The number of carbonyl (C=O) groups is 1. The van der Waals surface area contributed by atoms with Gasteiger partial charge in [0.1, 0.15) is 10.7 Å². The number of anilines is 1. The van der Waals surface area contributed by atoms with Gasteiger partial charge in [-0.05, 0) is 49.6 Å². The van der Waals surface area contributed by atoms with Crippen LogP contribution in [-0.2, 0) is 10.0 Å². The maximum absolute atomic E-state index is 12.9. The molecule has 6 nitrogen and oxygen atoms in total. The second-order valence-electron chi connectivity index (χ2n) is 7.49. The van der Waals surface area contributed by atoms with E-state index < -0.39 is 15.9 Å². The van der Waals surface area contributed by atoms with Crippen LogP contribution in [0.1, 0.15) is 54.6 Å². The predicted octanol–water partition coefficient (Wildman–Crippen LogP) is 4.97. The molecule has 0 spiro atoms. The number of halogens is 2. The zero-order chi connectivity index (χ0) is 21.5. The monoisotopic (exact) mass is 465 g/mol. The molecular weight excluding hydrogens is 445 g/mol. The topological polar surface area (TPSA) is 78.8 Å². The molecule has 1 saturated heterocycles. The van der Waals surface area contributed by atoms with Crippen LogP contribution in [0, 0.1) is 0 Å². The molecule has 0 radical (unpaired) electrons. The molecule has 2 aromatic carbocycles. The van der Waals surface area contributed by atoms with Gasteiger partial charge in [-0.3, -0.25) is 4.79 Å². The average Bonchev–Trinajstić information content (AvgIpc) is 2.92. The van der Waals surface area contributed by atoms with E-state index in [1.807, 2.05) is 24.0 Å². The van der Waals surface area contributed by atoms with Crippen molar-refractivity contribution >= 4 is 50.7 Å². The Morgan fingerprint density at radius 1 is 1.13 bits per heavy atom. The molecule has 158 valence electrons. The van der Waals surface area contributed by atoms with Crippen molar-refractivity contribution in [2.24, 2.45) is 4.40 Å². The highest BCUT2D eigenvalue weighted by atomic mass is 35.5. The Bertz CT molecular complexity index is 1130. The first-order chi connectivity index (χ1) is 14.3.